The van der Waals surface area contributed by atoms with Crippen molar-refractivity contribution in [2.24, 2.45) is 0 Å². The zero-order chi connectivity index (χ0) is 13.8. The summed E-state index contributed by atoms with van der Waals surface area (Å²) in [5.41, 5.74) is -0.0718. The van der Waals surface area contributed by atoms with Gasteiger partial charge in [0, 0.05) is 17.2 Å². The van der Waals surface area contributed by atoms with E-state index in [9.17, 15) is 9.18 Å². The van der Waals surface area contributed by atoms with Gasteiger partial charge in [0.15, 0.2) is 0 Å². The number of hydrogen-bond acceptors (Lipinski definition) is 4. The quantitative estimate of drug-likeness (QED) is 0.869. The smallest absolute Gasteiger partial charge is 0.341 e. The Hall–Kier alpha value is -2.08. The van der Waals surface area contributed by atoms with Crippen molar-refractivity contribution >= 4 is 17.7 Å². The summed E-state index contributed by atoms with van der Waals surface area (Å²) in [6.45, 7) is 0. The monoisotopic (exact) mass is 279 g/mol. The van der Waals surface area contributed by atoms with Crippen molar-refractivity contribution in [1.29, 1.82) is 0 Å². The molecule has 0 saturated carbocycles. The highest BCUT2D eigenvalue weighted by atomic mass is 32.2. The lowest BCUT2D eigenvalue weighted by molar-refractivity contribution is 0.0693. The number of ether oxygens (including phenoxy) is 1. The lowest BCUT2D eigenvalue weighted by atomic mass is 10.3. The summed E-state index contributed by atoms with van der Waals surface area (Å²) in [5, 5.41) is 9.00. The van der Waals surface area contributed by atoms with E-state index in [0.29, 0.717) is 4.90 Å². The number of aromatic nitrogens is 1. The summed E-state index contributed by atoms with van der Waals surface area (Å²) in [5.74, 6) is -1.45. The molecule has 0 amide bonds. The Morgan fingerprint density at radius 2 is 2.21 bits per heavy atom. The van der Waals surface area contributed by atoms with Crippen LogP contribution in [0, 0.1) is 5.82 Å². The molecule has 2 rings (SSSR count). The van der Waals surface area contributed by atoms with E-state index >= 15 is 0 Å². The van der Waals surface area contributed by atoms with E-state index in [-0.39, 0.29) is 17.2 Å². The summed E-state index contributed by atoms with van der Waals surface area (Å²) in [6, 6.07) is 7.04. The van der Waals surface area contributed by atoms with Gasteiger partial charge in [-0.15, -0.1) is 11.8 Å². The summed E-state index contributed by atoms with van der Waals surface area (Å²) in [7, 11) is 0. The molecule has 0 fully saturated rings. The number of aromatic carboxylic acids is 1. The molecule has 4 nitrogen and oxygen atoms in total. The first-order chi connectivity index (χ1) is 9.10. The summed E-state index contributed by atoms with van der Waals surface area (Å²) >= 11 is 1.36. The van der Waals surface area contributed by atoms with E-state index in [1.807, 2.05) is 6.26 Å². The fraction of sp³-hybridized carbons (Fsp3) is 0.0769. The van der Waals surface area contributed by atoms with Crippen LogP contribution in [0.25, 0.3) is 0 Å². The Labute approximate surface area is 113 Å². The van der Waals surface area contributed by atoms with Crippen molar-refractivity contribution in [2.45, 2.75) is 4.90 Å². The first-order valence-electron chi connectivity index (χ1n) is 5.31. The van der Waals surface area contributed by atoms with E-state index in [1.165, 1.54) is 42.2 Å². The SMILES string of the molecule is CSc1cc(F)cc(Oc2ncccc2C(=O)O)c1. The van der Waals surface area contributed by atoms with Gasteiger partial charge in [0.1, 0.15) is 17.1 Å². The number of carboxylic acid groups (broad SMARTS) is 1. The van der Waals surface area contributed by atoms with E-state index in [2.05, 4.69) is 4.98 Å². The van der Waals surface area contributed by atoms with Gasteiger partial charge in [-0.2, -0.15) is 0 Å². The molecule has 0 unspecified atom stereocenters. The molecule has 98 valence electrons. The molecule has 0 atom stereocenters. The van der Waals surface area contributed by atoms with Crippen LogP contribution in [0.1, 0.15) is 10.4 Å². The highest BCUT2D eigenvalue weighted by Gasteiger charge is 2.13. The lowest BCUT2D eigenvalue weighted by Gasteiger charge is -2.08. The molecule has 1 aromatic carbocycles. The third kappa shape index (κ3) is 3.23. The maximum Gasteiger partial charge on any atom is 0.341 e. The van der Waals surface area contributed by atoms with Gasteiger partial charge in [-0.05, 0) is 30.5 Å². The van der Waals surface area contributed by atoms with Gasteiger partial charge in [0.25, 0.3) is 0 Å². The Morgan fingerprint density at radius 1 is 1.42 bits per heavy atom. The van der Waals surface area contributed by atoms with Crippen molar-refractivity contribution in [2.75, 3.05) is 6.26 Å². The van der Waals surface area contributed by atoms with Crippen molar-refractivity contribution in [3.63, 3.8) is 0 Å². The Kier molecular flexibility index (Phi) is 4.01. The number of carboxylic acids is 1. The minimum absolute atomic E-state index is 0.0624. The highest BCUT2D eigenvalue weighted by molar-refractivity contribution is 7.98. The van der Waals surface area contributed by atoms with Gasteiger partial charge in [0.05, 0.1) is 0 Å². The highest BCUT2D eigenvalue weighted by Crippen LogP contribution is 2.27. The molecule has 2 aromatic rings. The van der Waals surface area contributed by atoms with Crippen molar-refractivity contribution in [3.8, 4) is 11.6 Å². The Morgan fingerprint density at radius 3 is 2.89 bits per heavy atom. The molecule has 0 bridgehead atoms. The second-order valence-electron chi connectivity index (χ2n) is 3.59. The summed E-state index contributed by atoms with van der Waals surface area (Å²) in [4.78, 5) is 15.5. The van der Waals surface area contributed by atoms with E-state index in [1.54, 1.807) is 6.07 Å². The average Bonchev–Trinajstić information content (AvgIpc) is 2.38. The minimum atomic E-state index is -1.15. The predicted molar refractivity (Wildman–Crippen MR) is 69.5 cm³/mol. The molecule has 0 aliphatic heterocycles. The number of hydrogen-bond donors (Lipinski definition) is 1. The number of carbonyl (C=O) groups is 1. The van der Waals surface area contributed by atoms with Gasteiger partial charge in [-0.1, -0.05) is 0 Å². The Balaban J connectivity index is 2.36. The topological polar surface area (TPSA) is 59.4 Å². The number of rotatable bonds is 4. The maximum atomic E-state index is 13.3. The second kappa shape index (κ2) is 5.71. The van der Waals surface area contributed by atoms with Crippen molar-refractivity contribution < 1.29 is 19.0 Å². The largest absolute Gasteiger partial charge is 0.477 e. The molecule has 0 radical (unpaired) electrons. The summed E-state index contributed by atoms with van der Waals surface area (Å²) < 4.78 is 18.7. The van der Waals surface area contributed by atoms with Crippen molar-refractivity contribution in [3.05, 3.63) is 47.9 Å². The van der Waals surface area contributed by atoms with Crippen LogP contribution < -0.4 is 4.74 Å². The molecule has 0 aliphatic rings. The zero-order valence-electron chi connectivity index (χ0n) is 9.96. The number of benzene rings is 1. The first kappa shape index (κ1) is 13.4. The second-order valence-corrected chi connectivity index (χ2v) is 4.47. The molecule has 19 heavy (non-hydrogen) atoms. The first-order valence-corrected chi connectivity index (χ1v) is 6.53. The molecule has 0 aliphatic carbocycles. The van der Waals surface area contributed by atoms with Gasteiger partial charge < -0.3 is 9.84 Å². The van der Waals surface area contributed by atoms with Crippen LogP contribution in [0.15, 0.2) is 41.4 Å². The predicted octanol–water partition coefficient (Wildman–Crippen LogP) is 3.43. The van der Waals surface area contributed by atoms with E-state index in [0.717, 1.165) is 0 Å². The lowest BCUT2D eigenvalue weighted by Crippen LogP contribution is -2.01. The maximum absolute atomic E-state index is 13.3. The van der Waals surface area contributed by atoms with Crippen LogP contribution in [0.3, 0.4) is 0 Å². The number of nitrogens with zero attached hydrogens (tertiary/aromatic N) is 1. The van der Waals surface area contributed by atoms with E-state index < -0.39 is 11.8 Å². The fourth-order valence-corrected chi connectivity index (χ4v) is 1.92. The summed E-state index contributed by atoms with van der Waals surface area (Å²) in [6.07, 6.45) is 3.22. The minimum Gasteiger partial charge on any atom is -0.477 e. The molecule has 0 saturated heterocycles. The molecule has 0 spiro atoms. The molecule has 1 aromatic heterocycles. The third-order valence-electron chi connectivity index (χ3n) is 2.30. The van der Waals surface area contributed by atoms with E-state index in [4.69, 9.17) is 9.84 Å². The molecular formula is C13H10FNO3S. The number of thioether (sulfide) groups is 1. The molecular weight excluding hydrogens is 269 g/mol. The van der Waals surface area contributed by atoms with Gasteiger partial charge >= 0.3 is 5.97 Å². The zero-order valence-corrected chi connectivity index (χ0v) is 10.8. The van der Waals surface area contributed by atoms with Gasteiger partial charge in [-0.3, -0.25) is 0 Å². The van der Waals surface area contributed by atoms with Crippen LogP contribution in [0.2, 0.25) is 0 Å². The number of pyridine rings is 1. The molecule has 1 heterocycles. The molecule has 1 N–H and O–H groups in total. The number of halogens is 1. The normalized spacial score (nSPS) is 10.2. The molecule has 6 heteroatoms. The van der Waals surface area contributed by atoms with Crippen LogP contribution in [-0.4, -0.2) is 22.3 Å². The van der Waals surface area contributed by atoms with Crippen molar-refractivity contribution in [1.82, 2.24) is 4.98 Å². The van der Waals surface area contributed by atoms with Crippen LogP contribution in [0.5, 0.6) is 11.6 Å². The average molecular weight is 279 g/mol. The van der Waals surface area contributed by atoms with Crippen LogP contribution in [0.4, 0.5) is 4.39 Å². The fourth-order valence-electron chi connectivity index (χ4n) is 1.46. The Bertz CT molecular complexity index is 619. The van der Waals surface area contributed by atoms with Crippen LogP contribution in [-0.2, 0) is 0 Å². The van der Waals surface area contributed by atoms with Crippen LogP contribution >= 0.6 is 11.8 Å². The standard InChI is InChI=1S/C13H10FNO3S/c1-19-10-6-8(14)5-9(7-10)18-12-11(13(16)17)3-2-4-15-12/h2-7H,1H3,(H,16,17). The van der Waals surface area contributed by atoms with Gasteiger partial charge in [-0.25, -0.2) is 14.2 Å². The van der Waals surface area contributed by atoms with Gasteiger partial charge in [0.2, 0.25) is 5.88 Å². The third-order valence-corrected chi connectivity index (χ3v) is 3.00.